The number of carbonyl (C=O) groups excluding carboxylic acids is 2. The van der Waals surface area contributed by atoms with Gasteiger partial charge in [-0.1, -0.05) is 30.3 Å². The maximum atomic E-state index is 13.9. The predicted molar refractivity (Wildman–Crippen MR) is 192 cm³/mol. The van der Waals surface area contributed by atoms with E-state index in [-0.39, 0.29) is 63.6 Å². The van der Waals surface area contributed by atoms with Crippen molar-refractivity contribution in [3.05, 3.63) is 103 Å². The van der Waals surface area contributed by atoms with Crippen LogP contribution < -0.4 is 24.3 Å². The molecular weight excluding hydrogens is 654 g/mol. The minimum atomic E-state index is -1.17. The second-order valence-corrected chi connectivity index (χ2v) is 12.6. The zero-order valence-corrected chi connectivity index (χ0v) is 30.9. The second-order valence-electron chi connectivity index (χ2n) is 12.6. The van der Waals surface area contributed by atoms with E-state index in [1.54, 1.807) is 48.5 Å². The standard InChI is InChI=1S/C40H45NO10/c1-18-20(3)34(24(7)36(48-10)30(18)38(44)45)51-40(47)31-19(2)21(4)35(25(8)37(31)49-11)50-39(46)29-22(5)28(32(42)23(6)33(29)43)17-41-26(9)27-15-13-12-14-16-27/h12-16,26,41-43H,17H2,1-11H3,(H,44,45)/t26-/m1/s1. The number of rotatable bonds is 11. The molecule has 1 atom stereocenters. The zero-order valence-electron chi connectivity index (χ0n) is 30.9. The Kier molecular flexibility index (Phi) is 11.4. The molecule has 0 bridgehead atoms. The number of methoxy groups -OCH3 is 2. The first-order chi connectivity index (χ1) is 24.0. The highest BCUT2D eigenvalue weighted by Crippen LogP contribution is 2.43. The van der Waals surface area contributed by atoms with E-state index >= 15 is 0 Å². The highest BCUT2D eigenvalue weighted by atomic mass is 16.5. The van der Waals surface area contributed by atoms with Crippen molar-refractivity contribution in [2.24, 2.45) is 0 Å². The van der Waals surface area contributed by atoms with Gasteiger partial charge in [0.25, 0.3) is 0 Å². The van der Waals surface area contributed by atoms with Crippen LogP contribution in [-0.4, -0.2) is 47.4 Å². The number of carboxylic acids is 1. The lowest BCUT2D eigenvalue weighted by atomic mass is 9.95. The first kappa shape index (κ1) is 38.3. The first-order valence-electron chi connectivity index (χ1n) is 16.3. The molecule has 0 spiro atoms. The number of benzene rings is 4. The van der Waals surface area contributed by atoms with Gasteiger partial charge in [0.2, 0.25) is 0 Å². The molecule has 0 unspecified atom stereocenters. The van der Waals surface area contributed by atoms with Crippen LogP contribution in [0.15, 0.2) is 30.3 Å². The fourth-order valence-electron chi connectivity index (χ4n) is 6.42. The van der Waals surface area contributed by atoms with Gasteiger partial charge in [0.15, 0.2) is 0 Å². The Hall–Kier alpha value is -5.55. The molecule has 0 amide bonds. The van der Waals surface area contributed by atoms with Crippen molar-refractivity contribution < 1.29 is 48.7 Å². The quantitative estimate of drug-likeness (QED) is 0.0903. The van der Waals surface area contributed by atoms with E-state index in [4.69, 9.17) is 18.9 Å². The Balaban J connectivity index is 1.73. The van der Waals surface area contributed by atoms with E-state index in [0.29, 0.717) is 44.5 Å². The number of aromatic carboxylic acids is 1. The lowest BCUT2D eigenvalue weighted by Crippen LogP contribution is -2.21. The molecule has 270 valence electrons. The number of phenolic OH excluding ortho intramolecular Hbond substituents is 2. The summed E-state index contributed by atoms with van der Waals surface area (Å²) in [6.45, 7) is 15.2. The van der Waals surface area contributed by atoms with Crippen LogP contribution in [0.4, 0.5) is 0 Å². The molecule has 51 heavy (non-hydrogen) atoms. The third-order valence-electron chi connectivity index (χ3n) is 9.74. The minimum Gasteiger partial charge on any atom is -0.507 e. The molecule has 0 aliphatic carbocycles. The first-order valence-corrected chi connectivity index (χ1v) is 16.3. The van der Waals surface area contributed by atoms with Crippen LogP contribution in [0.3, 0.4) is 0 Å². The molecule has 4 aromatic rings. The summed E-state index contributed by atoms with van der Waals surface area (Å²) in [5, 5.41) is 35.2. The summed E-state index contributed by atoms with van der Waals surface area (Å²) in [4.78, 5) is 39.7. The third-order valence-corrected chi connectivity index (χ3v) is 9.74. The number of phenols is 2. The van der Waals surface area contributed by atoms with Gasteiger partial charge in [0.1, 0.15) is 51.2 Å². The third kappa shape index (κ3) is 6.94. The van der Waals surface area contributed by atoms with Gasteiger partial charge in [-0.05, 0) is 95.7 Å². The van der Waals surface area contributed by atoms with Crippen LogP contribution in [0.5, 0.6) is 34.5 Å². The summed E-state index contributed by atoms with van der Waals surface area (Å²) in [6.07, 6.45) is 0. The maximum Gasteiger partial charge on any atom is 0.347 e. The average molecular weight is 700 g/mol. The summed E-state index contributed by atoms with van der Waals surface area (Å²) in [5.41, 5.74) is 4.30. The van der Waals surface area contributed by atoms with Gasteiger partial charge in [-0.25, -0.2) is 14.4 Å². The monoisotopic (exact) mass is 699 g/mol. The van der Waals surface area contributed by atoms with Gasteiger partial charge in [-0.15, -0.1) is 0 Å². The number of ether oxygens (including phenoxy) is 4. The topological polar surface area (TPSA) is 161 Å². The van der Waals surface area contributed by atoms with E-state index in [9.17, 15) is 29.7 Å². The molecule has 0 aliphatic heterocycles. The summed E-state index contributed by atoms with van der Waals surface area (Å²) in [6, 6.07) is 9.71. The summed E-state index contributed by atoms with van der Waals surface area (Å²) >= 11 is 0. The Morgan fingerprint density at radius 3 is 1.57 bits per heavy atom. The number of esters is 2. The van der Waals surface area contributed by atoms with E-state index in [1.165, 1.54) is 21.1 Å². The van der Waals surface area contributed by atoms with Crippen molar-refractivity contribution in [1.29, 1.82) is 0 Å². The van der Waals surface area contributed by atoms with Gasteiger partial charge < -0.3 is 39.6 Å². The zero-order chi connectivity index (χ0) is 38.1. The van der Waals surface area contributed by atoms with Crippen molar-refractivity contribution in [3.8, 4) is 34.5 Å². The van der Waals surface area contributed by atoms with Crippen LogP contribution in [0.1, 0.15) is 99.7 Å². The molecule has 4 N–H and O–H groups in total. The largest absolute Gasteiger partial charge is 0.507 e. The number of aromatic hydroxyl groups is 2. The number of hydrogen-bond acceptors (Lipinski definition) is 10. The van der Waals surface area contributed by atoms with Crippen molar-refractivity contribution in [2.75, 3.05) is 14.2 Å². The molecule has 0 aromatic heterocycles. The highest BCUT2D eigenvalue weighted by Gasteiger charge is 2.31. The normalized spacial score (nSPS) is 11.6. The van der Waals surface area contributed by atoms with Crippen LogP contribution in [0.2, 0.25) is 0 Å². The molecule has 11 nitrogen and oxygen atoms in total. The number of carbonyl (C=O) groups is 3. The fraction of sp³-hybridized carbons (Fsp3) is 0.325. The van der Waals surface area contributed by atoms with E-state index in [2.05, 4.69) is 5.32 Å². The number of carboxylic acid groups (broad SMARTS) is 1. The average Bonchev–Trinajstić information content (AvgIpc) is 3.10. The molecule has 0 fully saturated rings. The van der Waals surface area contributed by atoms with Gasteiger partial charge in [-0.3, -0.25) is 0 Å². The SMILES string of the molecule is COc1c(C)c(OC(=O)c2c(C)c(C)c(OC(=O)c3c(C)c(CN[C@H](C)c4ccccc4)c(O)c(C)c3O)c(C)c2OC)c(C)c(C)c1C(=O)O. The van der Waals surface area contributed by atoms with E-state index < -0.39 is 23.7 Å². The van der Waals surface area contributed by atoms with Gasteiger partial charge in [-0.2, -0.15) is 0 Å². The summed E-state index contributed by atoms with van der Waals surface area (Å²) < 4.78 is 23.0. The van der Waals surface area contributed by atoms with E-state index in [1.807, 2.05) is 37.3 Å². The van der Waals surface area contributed by atoms with Crippen LogP contribution in [0.25, 0.3) is 0 Å². The smallest absolute Gasteiger partial charge is 0.347 e. The van der Waals surface area contributed by atoms with Gasteiger partial charge >= 0.3 is 17.9 Å². The maximum absolute atomic E-state index is 13.9. The molecule has 0 radical (unpaired) electrons. The van der Waals surface area contributed by atoms with Crippen LogP contribution in [-0.2, 0) is 6.54 Å². The summed E-state index contributed by atoms with van der Waals surface area (Å²) in [5.74, 6) is -2.85. The minimum absolute atomic E-state index is 0.0193. The van der Waals surface area contributed by atoms with Gasteiger partial charge in [0.05, 0.1) is 14.2 Å². The molecule has 4 rings (SSSR count). The highest BCUT2D eigenvalue weighted by molar-refractivity contribution is 6.00. The number of nitrogens with one attached hydrogen (secondary N) is 1. The van der Waals surface area contributed by atoms with Gasteiger partial charge in [0, 0.05) is 34.8 Å². The fourth-order valence-corrected chi connectivity index (χ4v) is 6.42. The Morgan fingerprint density at radius 1 is 0.608 bits per heavy atom. The second kappa shape index (κ2) is 15.1. The van der Waals surface area contributed by atoms with Crippen molar-refractivity contribution >= 4 is 17.9 Å². The lowest BCUT2D eigenvalue weighted by Gasteiger charge is -2.23. The van der Waals surface area contributed by atoms with Crippen LogP contribution >= 0.6 is 0 Å². The lowest BCUT2D eigenvalue weighted by molar-refractivity contribution is 0.0689. The number of hydrogen-bond donors (Lipinski definition) is 4. The van der Waals surface area contributed by atoms with E-state index in [0.717, 1.165) is 5.56 Å². The van der Waals surface area contributed by atoms with Crippen molar-refractivity contribution in [2.45, 2.75) is 74.9 Å². The van der Waals surface area contributed by atoms with Crippen molar-refractivity contribution in [3.63, 3.8) is 0 Å². The molecule has 0 saturated heterocycles. The predicted octanol–water partition coefficient (Wildman–Crippen LogP) is 7.57. The Labute approximate surface area is 297 Å². The molecule has 4 aromatic carbocycles. The molecule has 0 saturated carbocycles. The summed E-state index contributed by atoms with van der Waals surface area (Å²) in [7, 11) is 2.72. The molecule has 0 heterocycles. The van der Waals surface area contributed by atoms with Crippen molar-refractivity contribution in [1.82, 2.24) is 5.32 Å². The Morgan fingerprint density at radius 2 is 1.08 bits per heavy atom. The molecule has 0 aliphatic rings. The molecule has 11 heteroatoms. The Bertz CT molecular complexity index is 2050. The van der Waals surface area contributed by atoms with Crippen LogP contribution in [0, 0.1) is 55.4 Å². The molecular formula is C40H45NO10.